The van der Waals surface area contributed by atoms with Crippen molar-refractivity contribution in [1.29, 1.82) is 0 Å². The minimum atomic E-state index is -0.353. The van der Waals surface area contributed by atoms with E-state index in [0.717, 1.165) is 35.0 Å². The molecule has 2 N–H and O–H groups in total. The van der Waals surface area contributed by atoms with Gasteiger partial charge in [0.25, 0.3) is 0 Å². The van der Waals surface area contributed by atoms with Gasteiger partial charge >= 0.3 is 0 Å². The number of quaternary nitrogens is 1. The summed E-state index contributed by atoms with van der Waals surface area (Å²) in [4.78, 5) is 0. The van der Waals surface area contributed by atoms with Crippen LogP contribution in [-0.4, -0.2) is 18.5 Å². The number of hydrogen-bond donors (Lipinski definition) is 1. The number of fused-ring (bicyclic) bond motifs is 4. The fourth-order valence-corrected chi connectivity index (χ4v) is 3.77. The second-order valence-corrected chi connectivity index (χ2v) is 6.45. The molecule has 3 heterocycles. The normalized spacial score (nSPS) is 17.4. The lowest BCUT2D eigenvalue weighted by Gasteiger charge is -2.16. The lowest BCUT2D eigenvalue weighted by Crippen LogP contribution is -2.83. The van der Waals surface area contributed by atoms with Crippen LogP contribution < -0.4 is 19.5 Å². The van der Waals surface area contributed by atoms with Gasteiger partial charge in [-0.2, -0.15) is 0 Å². The van der Waals surface area contributed by atoms with Crippen LogP contribution in [0.1, 0.15) is 22.9 Å². The Morgan fingerprint density at radius 3 is 2.85 bits per heavy atom. The number of methoxy groups -OCH3 is 1. The first kappa shape index (κ1) is 15.3. The first-order chi connectivity index (χ1) is 12.7. The van der Waals surface area contributed by atoms with Crippen LogP contribution >= 0.6 is 0 Å². The Bertz CT molecular complexity index is 999. The van der Waals surface area contributed by atoms with Crippen LogP contribution in [0.4, 0.5) is 4.39 Å². The molecular weight excluding hydrogens is 335 g/mol. The van der Waals surface area contributed by atoms with Gasteiger partial charge in [0.05, 0.1) is 18.5 Å². The zero-order valence-corrected chi connectivity index (χ0v) is 14.2. The molecule has 0 radical (unpaired) electrons. The average Bonchev–Trinajstić information content (AvgIpc) is 3.28. The predicted octanol–water partition coefficient (Wildman–Crippen LogP) is 2.52. The van der Waals surface area contributed by atoms with Gasteiger partial charge in [0.15, 0.2) is 29.1 Å². The summed E-state index contributed by atoms with van der Waals surface area (Å²) in [5.74, 6) is 1.46. The quantitative estimate of drug-likeness (QED) is 0.770. The van der Waals surface area contributed by atoms with Crippen molar-refractivity contribution in [2.45, 2.75) is 12.6 Å². The Morgan fingerprint density at radius 1 is 1.15 bits per heavy atom. The summed E-state index contributed by atoms with van der Waals surface area (Å²) >= 11 is 0. The number of ether oxygens (including phenoxy) is 3. The zero-order valence-electron chi connectivity index (χ0n) is 14.2. The van der Waals surface area contributed by atoms with Gasteiger partial charge in [0.2, 0.25) is 6.79 Å². The van der Waals surface area contributed by atoms with Gasteiger partial charge in [-0.15, -0.1) is 0 Å². The molecule has 6 heteroatoms. The fraction of sp³-hybridized carbons (Fsp3) is 0.200. The fourth-order valence-electron chi connectivity index (χ4n) is 3.77. The molecule has 5 nitrogen and oxygen atoms in total. The highest BCUT2D eigenvalue weighted by atomic mass is 19.1. The minimum absolute atomic E-state index is 0.0311. The maximum Gasteiger partial charge on any atom is 0.231 e. The summed E-state index contributed by atoms with van der Waals surface area (Å²) in [7, 11) is 1.49. The van der Waals surface area contributed by atoms with E-state index >= 15 is 0 Å². The third kappa shape index (κ3) is 2.26. The van der Waals surface area contributed by atoms with E-state index in [1.165, 1.54) is 18.7 Å². The van der Waals surface area contributed by atoms with Crippen molar-refractivity contribution in [2.24, 2.45) is 0 Å². The average molecular weight is 353 g/mol. The van der Waals surface area contributed by atoms with Crippen LogP contribution in [0.3, 0.4) is 0 Å². The topological polar surface area (TPSA) is 49.2 Å². The van der Waals surface area contributed by atoms with Crippen LogP contribution in [0.25, 0.3) is 5.69 Å². The Kier molecular flexibility index (Phi) is 3.39. The molecule has 2 aliphatic heterocycles. The second kappa shape index (κ2) is 5.78. The number of nitrogens with zero attached hydrogens (tertiary/aromatic N) is 1. The first-order valence-corrected chi connectivity index (χ1v) is 8.51. The van der Waals surface area contributed by atoms with Crippen molar-refractivity contribution in [3.05, 3.63) is 71.3 Å². The van der Waals surface area contributed by atoms with Crippen molar-refractivity contribution in [3.63, 3.8) is 0 Å². The number of hydrogen-bond acceptors (Lipinski definition) is 3. The highest BCUT2D eigenvalue weighted by molar-refractivity contribution is 5.56. The SMILES string of the molecule is COc1cc([C@@H]2[NH2+]Cc3cc4c(cc3-n3cccc32)OCO4)ccc1F. The van der Waals surface area contributed by atoms with Crippen LogP contribution in [0.15, 0.2) is 48.7 Å². The smallest absolute Gasteiger partial charge is 0.231 e. The lowest BCUT2D eigenvalue weighted by atomic mass is 10.0. The Labute approximate surface area is 149 Å². The zero-order chi connectivity index (χ0) is 17.7. The molecule has 0 amide bonds. The molecule has 0 aliphatic carbocycles. The van der Waals surface area contributed by atoms with Gasteiger partial charge in [-0.25, -0.2) is 4.39 Å². The molecule has 1 atom stereocenters. The number of benzene rings is 2. The maximum absolute atomic E-state index is 13.8. The number of aromatic nitrogens is 1. The van der Waals surface area contributed by atoms with Crippen molar-refractivity contribution in [1.82, 2.24) is 4.57 Å². The largest absolute Gasteiger partial charge is 0.494 e. The summed E-state index contributed by atoms with van der Waals surface area (Å²) in [5.41, 5.74) is 4.37. The molecule has 0 spiro atoms. The van der Waals surface area contributed by atoms with Crippen LogP contribution in [-0.2, 0) is 6.54 Å². The van der Waals surface area contributed by atoms with Gasteiger partial charge < -0.3 is 24.1 Å². The molecule has 5 rings (SSSR count). The van der Waals surface area contributed by atoms with Crippen LogP contribution in [0.2, 0.25) is 0 Å². The molecule has 2 aliphatic rings. The van der Waals surface area contributed by atoms with Crippen LogP contribution in [0, 0.1) is 5.82 Å². The Balaban J connectivity index is 1.63. The van der Waals surface area contributed by atoms with E-state index in [1.54, 1.807) is 6.07 Å². The second-order valence-electron chi connectivity index (χ2n) is 6.45. The molecule has 1 aromatic heterocycles. The van der Waals surface area contributed by atoms with Gasteiger partial charge in [0, 0.05) is 23.4 Å². The molecule has 3 aromatic rings. The third-order valence-corrected chi connectivity index (χ3v) is 5.04. The highest BCUT2D eigenvalue weighted by Gasteiger charge is 2.29. The van der Waals surface area contributed by atoms with E-state index in [4.69, 9.17) is 14.2 Å². The molecule has 2 aromatic carbocycles. The Morgan fingerprint density at radius 2 is 2.00 bits per heavy atom. The van der Waals surface area contributed by atoms with Gasteiger partial charge in [-0.1, -0.05) is 0 Å². The van der Waals surface area contributed by atoms with Crippen molar-refractivity contribution in [3.8, 4) is 22.9 Å². The number of nitrogens with two attached hydrogens (primary N) is 1. The third-order valence-electron chi connectivity index (χ3n) is 5.04. The first-order valence-electron chi connectivity index (χ1n) is 8.51. The molecule has 0 bridgehead atoms. The highest BCUT2D eigenvalue weighted by Crippen LogP contribution is 2.38. The van der Waals surface area contributed by atoms with E-state index < -0.39 is 0 Å². The Hall–Kier alpha value is -2.99. The lowest BCUT2D eigenvalue weighted by molar-refractivity contribution is -0.702. The molecule has 26 heavy (non-hydrogen) atoms. The molecule has 132 valence electrons. The summed E-state index contributed by atoms with van der Waals surface area (Å²) in [6, 6.07) is 13.3. The summed E-state index contributed by atoms with van der Waals surface area (Å²) in [6.45, 7) is 1.04. The maximum atomic E-state index is 13.8. The molecule has 0 saturated carbocycles. The summed E-state index contributed by atoms with van der Waals surface area (Å²) in [5, 5.41) is 2.24. The molecule has 0 unspecified atom stereocenters. The van der Waals surface area contributed by atoms with Gasteiger partial charge in [-0.05, 0) is 36.4 Å². The van der Waals surface area contributed by atoms with E-state index in [9.17, 15) is 4.39 Å². The minimum Gasteiger partial charge on any atom is -0.494 e. The van der Waals surface area contributed by atoms with E-state index in [2.05, 4.69) is 16.0 Å². The predicted molar refractivity (Wildman–Crippen MR) is 92.3 cm³/mol. The molecule has 0 fully saturated rings. The summed E-state index contributed by atoms with van der Waals surface area (Å²) < 4.78 is 32.2. The van der Waals surface area contributed by atoms with Crippen LogP contribution in [0.5, 0.6) is 17.2 Å². The van der Waals surface area contributed by atoms with Crippen molar-refractivity contribution < 1.29 is 23.9 Å². The van der Waals surface area contributed by atoms with Crippen molar-refractivity contribution in [2.75, 3.05) is 13.9 Å². The summed E-state index contributed by atoms with van der Waals surface area (Å²) in [6.07, 6.45) is 2.04. The van der Waals surface area contributed by atoms with E-state index in [-0.39, 0.29) is 24.4 Å². The van der Waals surface area contributed by atoms with E-state index in [0.29, 0.717) is 0 Å². The monoisotopic (exact) mass is 353 g/mol. The number of rotatable bonds is 2. The van der Waals surface area contributed by atoms with Gasteiger partial charge in [0.1, 0.15) is 6.54 Å². The number of halogens is 1. The van der Waals surface area contributed by atoms with Crippen molar-refractivity contribution >= 4 is 0 Å². The van der Waals surface area contributed by atoms with E-state index in [1.807, 2.05) is 30.5 Å². The molecule has 0 saturated heterocycles. The van der Waals surface area contributed by atoms with Gasteiger partial charge in [-0.3, -0.25) is 0 Å². The molecular formula is C20H18FN2O3+. The standard InChI is InChI=1S/C20H17FN2O3/c1-24-17-7-12(4-5-14(17)21)20-15-3-2-6-23(15)16-9-19-18(25-11-26-19)8-13(16)10-22-20/h2-9,20,22H,10-11H2,1H3/p+1/t20-/m0/s1.